The van der Waals surface area contributed by atoms with Gasteiger partial charge in [0.1, 0.15) is 11.9 Å². The first kappa shape index (κ1) is 17.3. The van der Waals surface area contributed by atoms with E-state index in [1.165, 1.54) is 7.11 Å². The fraction of sp³-hybridized carbons (Fsp3) is 0.500. The van der Waals surface area contributed by atoms with Gasteiger partial charge in [-0.05, 0) is 30.5 Å². The van der Waals surface area contributed by atoms with E-state index in [9.17, 15) is 15.8 Å². The monoisotopic (exact) mass is 362 g/mol. The van der Waals surface area contributed by atoms with E-state index in [1.54, 1.807) is 24.3 Å². The van der Waals surface area contributed by atoms with Crippen molar-refractivity contribution in [2.24, 2.45) is 16.7 Å². The highest BCUT2D eigenvalue weighted by molar-refractivity contribution is 5.89. The van der Waals surface area contributed by atoms with Crippen molar-refractivity contribution in [1.29, 1.82) is 21.2 Å². The van der Waals surface area contributed by atoms with Gasteiger partial charge in [0, 0.05) is 6.42 Å². The first-order chi connectivity index (χ1) is 13.0. The SMILES string of the molecule is COc1cccc(C2OC34CCCCC3C(C#N)(C#N)C2(C#N)C(=N)O4)c1. The summed E-state index contributed by atoms with van der Waals surface area (Å²) in [6.45, 7) is 0. The molecule has 2 bridgehead atoms. The second-order valence-electron chi connectivity index (χ2n) is 7.27. The van der Waals surface area contributed by atoms with Crippen LogP contribution in [0.4, 0.5) is 0 Å². The van der Waals surface area contributed by atoms with Crippen molar-refractivity contribution in [3.05, 3.63) is 29.8 Å². The summed E-state index contributed by atoms with van der Waals surface area (Å²) in [6, 6.07) is 13.3. The molecule has 4 unspecified atom stereocenters. The Morgan fingerprint density at radius 1 is 1.19 bits per heavy atom. The number of hydrogen-bond donors (Lipinski definition) is 1. The summed E-state index contributed by atoms with van der Waals surface area (Å²) in [5, 5.41) is 39.0. The highest BCUT2D eigenvalue weighted by atomic mass is 16.7. The summed E-state index contributed by atoms with van der Waals surface area (Å²) in [7, 11) is 1.53. The maximum atomic E-state index is 10.2. The molecule has 136 valence electrons. The van der Waals surface area contributed by atoms with Gasteiger partial charge in [0.15, 0.2) is 10.8 Å². The molecule has 1 saturated carbocycles. The number of benzene rings is 1. The standard InChI is InChI=1S/C20H18N4O3/c1-25-14-6-4-5-13(9-14)16-19(12-23)17(24)27-20(26-16)8-3-2-7-15(20)18(19,10-21)11-22/h4-6,9,15-16,24H,2-3,7-8H2,1H3. The van der Waals surface area contributed by atoms with Crippen molar-refractivity contribution in [2.75, 3.05) is 7.11 Å². The third kappa shape index (κ3) is 1.89. The molecule has 0 aromatic heterocycles. The largest absolute Gasteiger partial charge is 0.497 e. The Morgan fingerprint density at radius 3 is 2.63 bits per heavy atom. The minimum Gasteiger partial charge on any atom is -0.497 e. The van der Waals surface area contributed by atoms with Gasteiger partial charge in [-0.15, -0.1) is 0 Å². The number of ether oxygens (including phenoxy) is 3. The van der Waals surface area contributed by atoms with E-state index in [4.69, 9.17) is 19.6 Å². The number of hydrogen-bond acceptors (Lipinski definition) is 7. The van der Waals surface area contributed by atoms with Gasteiger partial charge in [0.25, 0.3) is 0 Å². The van der Waals surface area contributed by atoms with Crippen LogP contribution in [0.3, 0.4) is 0 Å². The van der Waals surface area contributed by atoms with E-state index >= 15 is 0 Å². The summed E-state index contributed by atoms with van der Waals surface area (Å²) in [4.78, 5) is 0. The molecule has 0 amide bonds. The van der Waals surface area contributed by atoms with E-state index in [0.29, 0.717) is 24.2 Å². The van der Waals surface area contributed by atoms with Gasteiger partial charge in [0.05, 0.1) is 31.2 Å². The molecular formula is C20H18N4O3. The van der Waals surface area contributed by atoms with E-state index < -0.39 is 28.6 Å². The molecular weight excluding hydrogens is 344 g/mol. The van der Waals surface area contributed by atoms with Gasteiger partial charge in [-0.2, -0.15) is 15.8 Å². The van der Waals surface area contributed by atoms with Gasteiger partial charge < -0.3 is 14.2 Å². The summed E-state index contributed by atoms with van der Waals surface area (Å²) in [6.07, 6.45) is 1.69. The average Bonchev–Trinajstić information content (AvgIpc) is 2.72. The first-order valence-corrected chi connectivity index (χ1v) is 8.87. The first-order valence-electron chi connectivity index (χ1n) is 8.87. The molecule has 4 aliphatic rings. The number of nitrogens with zero attached hydrogens (tertiary/aromatic N) is 3. The fourth-order valence-corrected chi connectivity index (χ4v) is 4.95. The average molecular weight is 362 g/mol. The lowest BCUT2D eigenvalue weighted by atomic mass is 9.48. The van der Waals surface area contributed by atoms with Crippen molar-refractivity contribution >= 4 is 5.90 Å². The molecule has 7 heteroatoms. The smallest absolute Gasteiger partial charge is 0.218 e. The number of nitriles is 3. The highest BCUT2D eigenvalue weighted by Crippen LogP contribution is 2.69. The lowest BCUT2D eigenvalue weighted by Crippen LogP contribution is -2.73. The summed E-state index contributed by atoms with van der Waals surface area (Å²) >= 11 is 0. The van der Waals surface area contributed by atoms with Crippen LogP contribution in [-0.4, -0.2) is 18.8 Å². The van der Waals surface area contributed by atoms with Crippen molar-refractivity contribution in [3.8, 4) is 24.0 Å². The van der Waals surface area contributed by atoms with Gasteiger partial charge >= 0.3 is 0 Å². The highest BCUT2D eigenvalue weighted by Gasteiger charge is 2.80. The van der Waals surface area contributed by atoms with Crippen LogP contribution in [0.25, 0.3) is 0 Å². The van der Waals surface area contributed by atoms with Crippen LogP contribution >= 0.6 is 0 Å². The number of nitrogens with one attached hydrogen (secondary N) is 1. The zero-order chi connectivity index (χ0) is 19.3. The fourth-order valence-electron chi connectivity index (χ4n) is 4.95. The molecule has 7 nitrogen and oxygen atoms in total. The zero-order valence-electron chi connectivity index (χ0n) is 14.9. The maximum Gasteiger partial charge on any atom is 0.218 e. The third-order valence-electron chi connectivity index (χ3n) is 6.21. The zero-order valence-corrected chi connectivity index (χ0v) is 14.9. The van der Waals surface area contributed by atoms with Crippen LogP contribution in [0, 0.1) is 56.2 Å². The molecule has 3 saturated heterocycles. The van der Waals surface area contributed by atoms with Crippen LogP contribution in [0.2, 0.25) is 0 Å². The molecule has 0 radical (unpaired) electrons. The summed E-state index contributed by atoms with van der Waals surface area (Å²) < 4.78 is 17.5. The van der Waals surface area contributed by atoms with Crippen molar-refractivity contribution in [2.45, 2.75) is 37.6 Å². The topological polar surface area (TPSA) is 123 Å². The molecule has 3 aliphatic heterocycles. The Morgan fingerprint density at radius 2 is 1.96 bits per heavy atom. The van der Waals surface area contributed by atoms with E-state index in [2.05, 4.69) is 18.2 Å². The van der Waals surface area contributed by atoms with E-state index in [1.807, 2.05) is 0 Å². The predicted octanol–water partition coefficient (Wildman–Crippen LogP) is 3.20. The van der Waals surface area contributed by atoms with Gasteiger partial charge in [-0.3, -0.25) is 5.41 Å². The molecule has 4 fully saturated rings. The molecule has 1 spiro atoms. The van der Waals surface area contributed by atoms with Gasteiger partial charge in [-0.25, -0.2) is 0 Å². The molecule has 3 heterocycles. The van der Waals surface area contributed by atoms with Crippen molar-refractivity contribution < 1.29 is 14.2 Å². The molecule has 1 aromatic rings. The van der Waals surface area contributed by atoms with Crippen LogP contribution < -0.4 is 4.74 Å². The minimum absolute atomic E-state index is 0.356. The number of rotatable bonds is 2. The van der Waals surface area contributed by atoms with Crippen LogP contribution in [0.1, 0.15) is 37.4 Å². The number of fused-ring (bicyclic) bond motifs is 2. The van der Waals surface area contributed by atoms with Crippen LogP contribution in [-0.2, 0) is 9.47 Å². The Hall–Kier alpha value is -3.08. The minimum atomic E-state index is -1.84. The van der Waals surface area contributed by atoms with Crippen molar-refractivity contribution in [1.82, 2.24) is 0 Å². The third-order valence-corrected chi connectivity index (χ3v) is 6.21. The maximum absolute atomic E-state index is 10.2. The second kappa shape index (κ2) is 5.71. The Kier molecular flexibility index (Phi) is 3.67. The molecule has 5 rings (SSSR count). The molecule has 27 heavy (non-hydrogen) atoms. The molecule has 1 aromatic carbocycles. The Bertz CT molecular complexity index is 926. The van der Waals surface area contributed by atoms with Gasteiger partial charge in [-0.1, -0.05) is 18.6 Å². The van der Waals surface area contributed by atoms with Gasteiger partial charge in [0.2, 0.25) is 11.7 Å². The summed E-state index contributed by atoms with van der Waals surface area (Å²) in [5.74, 6) is -1.60. The lowest BCUT2D eigenvalue weighted by Gasteiger charge is -2.63. The Labute approximate surface area is 157 Å². The van der Waals surface area contributed by atoms with Crippen LogP contribution in [0.5, 0.6) is 5.75 Å². The molecule has 4 atom stereocenters. The number of methoxy groups -OCH3 is 1. The molecule has 1 N–H and O–H groups in total. The van der Waals surface area contributed by atoms with Crippen molar-refractivity contribution in [3.63, 3.8) is 0 Å². The normalized spacial score (nSPS) is 35.7. The second-order valence-corrected chi connectivity index (χ2v) is 7.27. The Balaban J connectivity index is 2.00. The van der Waals surface area contributed by atoms with E-state index in [-0.39, 0.29) is 5.90 Å². The molecule has 1 aliphatic carbocycles. The summed E-state index contributed by atoms with van der Waals surface area (Å²) in [5.41, 5.74) is -2.97. The van der Waals surface area contributed by atoms with E-state index in [0.717, 1.165) is 12.8 Å². The lowest BCUT2D eigenvalue weighted by molar-refractivity contribution is -0.360. The predicted molar refractivity (Wildman–Crippen MR) is 92.0 cm³/mol. The van der Waals surface area contributed by atoms with Crippen LogP contribution in [0.15, 0.2) is 24.3 Å². The quantitative estimate of drug-likeness (QED) is 0.861.